The molecular formula is C22H28N2O4. The lowest BCUT2D eigenvalue weighted by Gasteiger charge is -2.12. The Labute approximate surface area is 166 Å². The van der Waals surface area contributed by atoms with Crippen molar-refractivity contribution in [1.29, 1.82) is 0 Å². The molecule has 0 spiro atoms. The minimum atomic E-state index is -0.201. The molecule has 2 rings (SSSR count). The first-order valence-corrected chi connectivity index (χ1v) is 9.51. The zero-order chi connectivity index (χ0) is 20.4. The number of benzene rings is 2. The molecule has 2 N–H and O–H groups in total. The van der Waals surface area contributed by atoms with E-state index in [0.717, 1.165) is 30.6 Å². The van der Waals surface area contributed by atoms with Crippen molar-refractivity contribution >= 4 is 17.5 Å². The molecule has 2 aromatic carbocycles. The van der Waals surface area contributed by atoms with Gasteiger partial charge < -0.3 is 20.1 Å². The van der Waals surface area contributed by atoms with Crippen LogP contribution in [-0.2, 0) is 4.79 Å². The molecule has 2 amide bonds. The molecule has 2 aromatic rings. The van der Waals surface area contributed by atoms with Crippen molar-refractivity contribution in [3.8, 4) is 11.5 Å². The highest BCUT2D eigenvalue weighted by molar-refractivity contribution is 6.04. The Bertz CT molecular complexity index is 788. The molecule has 0 saturated heterocycles. The first kappa shape index (κ1) is 21.3. The van der Waals surface area contributed by atoms with E-state index in [9.17, 15) is 9.59 Å². The summed E-state index contributed by atoms with van der Waals surface area (Å²) in [6, 6.07) is 12.4. The Morgan fingerprint density at radius 2 is 1.68 bits per heavy atom. The lowest BCUT2D eigenvalue weighted by Crippen LogP contribution is -2.24. The molecule has 0 aliphatic heterocycles. The van der Waals surface area contributed by atoms with Gasteiger partial charge in [0.1, 0.15) is 11.5 Å². The van der Waals surface area contributed by atoms with Gasteiger partial charge >= 0.3 is 0 Å². The molecule has 6 nitrogen and oxygen atoms in total. The molecule has 6 heteroatoms. The second-order valence-corrected chi connectivity index (χ2v) is 6.47. The molecule has 0 unspecified atom stereocenters. The fraction of sp³-hybridized carbons (Fsp3) is 0.364. The van der Waals surface area contributed by atoms with Gasteiger partial charge in [0, 0.05) is 18.3 Å². The van der Waals surface area contributed by atoms with E-state index in [2.05, 4.69) is 17.6 Å². The van der Waals surface area contributed by atoms with E-state index in [4.69, 9.17) is 9.47 Å². The van der Waals surface area contributed by atoms with Crippen LogP contribution in [0.1, 0.15) is 42.1 Å². The topological polar surface area (TPSA) is 76.7 Å². The van der Waals surface area contributed by atoms with Crippen LogP contribution in [-0.4, -0.2) is 32.1 Å². The third-order valence-electron chi connectivity index (χ3n) is 4.23. The summed E-state index contributed by atoms with van der Waals surface area (Å²) >= 11 is 0. The van der Waals surface area contributed by atoms with E-state index < -0.39 is 0 Å². The highest BCUT2D eigenvalue weighted by Crippen LogP contribution is 2.22. The number of ether oxygens (including phenoxy) is 2. The number of rotatable bonds is 10. The average molecular weight is 384 g/mol. The van der Waals surface area contributed by atoms with E-state index >= 15 is 0 Å². The van der Waals surface area contributed by atoms with Gasteiger partial charge in [0.15, 0.2) is 6.61 Å². The molecular weight excluding hydrogens is 356 g/mol. The van der Waals surface area contributed by atoms with Crippen molar-refractivity contribution in [2.75, 3.05) is 25.6 Å². The SMILES string of the molecule is CCCCCOc1ccc(C(=O)Nc2ccc(OCC(=O)NC)cc2C)cc1. The van der Waals surface area contributed by atoms with Crippen molar-refractivity contribution < 1.29 is 19.1 Å². The van der Waals surface area contributed by atoms with Crippen LogP contribution in [0.2, 0.25) is 0 Å². The fourth-order valence-electron chi connectivity index (χ4n) is 2.53. The summed E-state index contributed by atoms with van der Waals surface area (Å²) in [4.78, 5) is 23.7. The van der Waals surface area contributed by atoms with Crippen LogP contribution in [0, 0.1) is 6.92 Å². The standard InChI is InChI=1S/C22H28N2O4/c1-4-5-6-13-27-18-9-7-17(8-10-18)22(26)24-20-12-11-19(14-16(20)2)28-15-21(25)23-3/h7-12,14H,4-6,13,15H2,1-3H3,(H,23,25)(H,24,26). The minimum absolute atomic E-state index is 0.0471. The van der Waals surface area contributed by atoms with Gasteiger partial charge in [-0.05, 0) is 61.4 Å². The quantitative estimate of drug-likeness (QED) is 0.608. The zero-order valence-electron chi connectivity index (χ0n) is 16.7. The maximum Gasteiger partial charge on any atom is 0.257 e. The van der Waals surface area contributed by atoms with Crippen LogP contribution in [0.4, 0.5) is 5.69 Å². The van der Waals surface area contributed by atoms with E-state index in [1.54, 1.807) is 37.4 Å². The lowest BCUT2D eigenvalue weighted by molar-refractivity contribution is -0.122. The van der Waals surface area contributed by atoms with Crippen molar-refractivity contribution in [3.63, 3.8) is 0 Å². The molecule has 28 heavy (non-hydrogen) atoms. The summed E-state index contributed by atoms with van der Waals surface area (Å²) in [5.41, 5.74) is 2.09. The number of nitrogens with one attached hydrogen (secondary N) is 2. The largest absolute Gasteiger partial charge is 0.494 e. The predicted molar refractivity (Wildman–Crippen MR) is 110 cm³/mol. The molecule has 0 aromatic heterocycles. The van der Waals surface area contributed by atoms with Crippen molar-refractivity contribution in [3.05, 3.63) is 53.6 Å². The number of likely N-dealkylation sites (N-methyl/N-ethyl adjacent to an activating group) is 1. The van der Waals surface area contributed by atoms with Gasteiger partial charge in [-0.3, -0.25) is 9.59 Å². The summed E-state index contributed by atoms with van der Waals surface area (Å²) < 4.78 is 11.1. The highest BCUT2D eigenvalue weighted by atomic mass is 16.5. The smallest absolute Gasteiger partial charge is 0.257 e. The van der Waals surface area contributed by atoms with Crippen LogP contribution in [0.25, 0.3) is 0 Å². The summed E-state index contributed by atoms with van der Waals surface area (Å²) in [6.07, 6.45) is 3.33. The first-order valence-electron chi connectivity index (χ1n) is 9.51. The van der Waals surface area contributed by atoms with Gasteiger partial charge in [-0.1, -0.05) is 19.8 Å². The maximum absolute atomic E-state index is 12.5. The number of carbonyl (C=O) groups is 2. The van der Waals surface area contributed by atoms with Gasteiger partial charge in [0.2, 0.25) is 0 Å². The minimum Gasteiger partial charge on any atom is -0.494 e. The number of carbonyl (C=O) groups excluding carboxylic acids is 2. The Morgan fingerprint density at radius 1 is 0.964 bits per heavy atom. The summed E-state index contributed by atoms with van der Waals surface area (Å²) in [5, 5.41) is 5.39. The highest BCUT2D eigenvalue weighted by Gasteiger charge is 2.09. The number of aryl methyl sites for hydroxylation is 1. The molecule has 0 saturated carbocycles. The molecule has 0 atom stereocenters. The monoisotopic (exact) mass is 384 g/mol. The first-order chi connectivity index (χ1) is 13.5. The molecule has 0 aliphatic rings. The van der Waals surface area contributed by atoms with Crippen LogP contribution in [0.3, 0.4) is 0 Å². The lowest BCUT2D eigenvalue weighted by atomic mass is 10.1. The Balaban J connectivity index is 1.92. The number of unbranched alkanes of at least 4 members (excludes halogenated alkanes) is 2. The van der Waals surface area contributed by atoms with Gasteiger partial charge in [-0.2, -0.15) is 0 Å². The molecule has 0 heterocycles. The fourth-order valence-corrected chi connectivity index (χ4v) is 2.53. The second-order valence-electron chi connectivity index (χ2n) is 6.47. The summed E-state index contributed by atoms with van der Waals surface area (Å²) in [5.74, 6) is 0.942. The molecule has 0 radical (unpaired) electrons. The third-order valence-corrected chi connectivity index (χ3v) is 4.23. The van der Waals surface area contributed by atoms with Crippen LogP contribution in [0.5, 0.6) is 11.5 Å². The van der Waals surface area contributed by atoms with E-state index in [0.29, 0.717) is 23.6 Å². The van der Waals surface area contributed by atoms with Crippen LogP contribution >= 0.6 is 0 Å². The zero-order valence-corrected chi connectivity index (χ0v) is 16.7. The molecule has 0 bridgehead atoms. The normalized spacial score (nSPS) is 10.2. The Morgan fingerprint density at radius 3 is 2.32 bits per heavy atom. The average Bonchev–Trinajstić information content (AvgIpc) is 2.71. The van der Waals surface area contributed by atoms with Gasteiger partial charge in [-0.25, -0.2) is 0 Å². The van der Waals surface area contributed by atoms with Gasteiger partial charge in [0.05, 0.1) is 6.61 Å². The second kappa shape index (κ2) is 11.0. The van der Waals surface area contributed by atoms with Crippen LogP contribution < -0.4 is 20.1 Å². The number of anilines is 1. The van der Waals surface area contributed by atoms with E-state index in [1.807, 2.05) is 19.1 Å². The molecule has 0 aliphatic carbocycles. The van der Waals surface area contributed by atoms with Gasteiger partial charge in [0.25, 0.3) is 11.8 Å². The van der Waals surface area contributed by atoms with E-state index in [-0.39, 0.29) is 18.4 Å². The maximum atomic E-state index is 12.5. The van der Waals surface area contributed by atoms with E-state index in [1.165, 1.54) is 0 Å². The number of hydrogen-bond donors (Lipinski definition) is 2. The number of amides is 2. The van der Waals surface area contributed by atoms with Crippen molar-refractivity contribution in [1.82, 2.24) is 5.32 Å². The van der Waals surface area contributed by atoms with Gasteiger partial charge in [-0.15, -0.1) is 0 Å². The summed E-state index contributed by atoms with van der Waals surface area (Å²) in [7, 11) is 1.56. The summed E-state index contributed by atoms with van der Waals surface area (Å²) in [6.45, 7) is 4.66. The number of hydrogen-bond acceptors (Lipinski definition) is 4. The van der Waals surface area contributed by atoms with Crippen molar-refractivity contribution in [2.45, 2.75) is 33.1 Å². The van der Waals surface area contributed by atoms with Crippen molar-refractivity contribution in [2.24, 2.45) is 0 Å². The Hall–Kier alpha value is -3.02. The molecule has 0 fully saturated rings. The predicted octanol–water partition coefficient (Wildman–Crippen LogP) is 3.94. The third kappa shape index (κ3) is 6.61. The Kier molecular flexibility index (Phi) is 8.34. The van der Waals surface area contributed by atoms with Crippen LogP contribution in [0.15, 0.2) is 42.5 Å². The molecule has 150 valence electrons.